The Morgan fingerprint density at radius 1 is 0.907 bits per heavy atom. The molecule has 0 aliphatic carbocycles. The summed E-state index contributed by atoms with van der Waals surface area (Å²) < 4.78 is 5.45. The van der Waals surface area contributed by atoms with Gasteiger partial charge in [-0.1, -0.05) is 61.5 Å². The zero-order valence-electron chi connectivity index (χ0n) is 25.3. The predicted molar refractivity (Wildman–Crippen MR) is 173 cm³/mol. The maximum atomic E-state index is 13.4. The zero-order chi connectivity index (χ0) is 30.0. The average molecular weight is 584 g/mol. The Bertz CT molecular complexity index is 1350. The van der Waals surface area contributed by atoms with Crippen LogP contribution in [0.2, 0.25) is 0 Å². The molecule has 8 heteroatoms. The van der Waals surface area contributed by atoms with Crippen molar-refractivity contribution < 1.29 is 14.3 Å². The van der Waals surface area contributed by atoms with Gasteiger partial charge in [0.2, 0.25) is 5.91 Å². The van der Waals surface area contributed by atoms with E-state index in [0.29, 0.717) is 58.3 Å². The van der Waals surface area contributed by atoms with Gasteiger partial charge in [0.1, 0.15) is 0 Å². The number of piperidine rings is 1. The highest BCUT2D eigenvalue weighted by Crippen LogP contribution is 2.34. The Labute approximate surface area is 255 Å². The number of hydrogen-bond donors (Lipinski definition) is 2. The smallest absolute Gasteiger partial charge is 0.320 e. The first kappa shape index (κ1) is 30.6. The minimum absolute atomic E-state index is 0.0269. The van der Waals surface area contributed by atoms with Gasteiger partial charge in [-0.15, -0.1) is 0 Å². The van der Waals surface area contributed by atoms with E-state index in [2.05, 4.69) is 53.5 Å². The first-order valence-electron chi connectivity index (χ1n) is 15.6. The van der Waals surface area contributed by atoms with Crippen molar-refractivity contribution in [2.24, 2.45) is 11.7 Å². The second-order valence-electron chi connectivity index (χ2n) is 11.8. The van der Waals surface area contributed by atoms with Crippen LogP contribution in [0.4, 0.5) is 16.2 Å². The predicted octanol–water partition coefficient (Wildman–Crippen LogP) is 5.37. The Balaban J connectivity index is 1.38. The molecule has 3 aromatic carbocycles. The lowest BCUT2D eigenvalue weighted by atomic mass is 9.97. The fourth-order valence-electron chi connectivity index (χ4n) is 5.87. The molecule has 2 aliphatic rings. The number of hydrogen-bond acceptors (Lipinski definition) is 5. The van der Waals surface area contributed by atoms with Crippen molar-refractivity contribution >= 4 is 23.3 Å². The molecule has 3 aromatic rings. The van der Waals surface area contributed by atoms with E-state index in [1.807, 2.05) is 46.2 Å². The van der Waals surface area contributed by atoms with Gasteiger partial charge in [0.25, 0.3) is 0 Å². The van der Waals surface area contributed by atoms with Crippen molar-refractivity contribution in [2.45, 2.75) is 39.2 Å². The molecule has 228 valence electrons. The van der Waals surface area contributed by atoms with Gasteiger partial charge in [0.05, 0.1) is 31.0 Å². The van der Waals surface area contributed by atoms with Crippen molar-refractivity contribution in [1.29, 1.82) is 0 Å². The number of carbonyl (C=O) groups excluding carboxylic acids is 2. The van der Waals surface area contributed by atoms with Gasteiger partial charge in [-0.05, 0) is 72.2 Å². The Morgan fingerprint density at radius 2 is 1.63 bits per heavy atom. The van der Waals surface area contributed by atoms with E-state index >= 15 is 0 Å². The third-order valence-electron chi connectivity index (χ3n) is 8.42. The van der Waals surface area contributed by atoms with E-state index in [4.69, 9.17) is 10.5 Å². The number of rotatable bonds is 10. The average Bonchev–Trinajstić information content (AvgIpc) is 3.04. The third-order valence-corrected chi connectivity index (χ3v) is 8.42. The van der Waals surface area contributed by atoms with Crippen LogP contribution in [-0.2, 0) is 22.5 Å². The second kappa shape index (κ2) is 15.0. The summed E-state index contributed by atoms with van der Waals surface area (Å²) >= 11 is 0. The number of nitrogens with zero attached hydrogens (tertiary/aromatic N) is 3. The topological polar surface area (TPSA) is 91.1 Å². The van der Waals surface area contributed by atoms with Gasteiger partial charge in [0.15, 0.2) is 0 Å². The van der Waals surface area contributed by atoms with Gasteiger partial charge in [-0.2, -0.15) is 0 Å². The van der Waals surface area contributed by atoms with E-state index < -0.39 is 0 Å². The standard InChI is InChI=1S/C35H45N5O3/c1-27-13-17-38(18-14-27)33-12-11-31(25-32(33)37-34(41)24-28-7-3-2-4-8-28)30-10-5-9-29(23-30)26-40(16-6-15-36)35(42)39-19-21-43-22-20-39/h2-5,7-12,23,25,27H,6,13-22,24,26,36H2,1H3,(H,37,41). The fourth-order valence-corrected chi connectivity index (χ4v) is 5.87. The van der Waals surface area contributed by atoms with E-state index in [-0.39, 0.29) is 11.9 Å². The van der Waals surface area contributed by atoms with Gasteiger partial charge in [-0.25, -0.2) is 4.79 Å². The maximum absolute atomic E-state index is 13.4. The molecule has 0 saturated carbocycles. The molecule has 43 heavy (non-hydrogen) atoms. The molecule has 2 fully saturated rings. The molecule has 0 spiro atoms. The molecular weight excluding hydrogens is 538 g/mol. The Hall–Kier alpha value is -3.88. The summed E-state index contributed by atoms with van der Waals surface area (Å²) in [4.78, 5) is 32.7. The van der Waals surface area contributed by atoms with Crippen LogP contribution in [0.25, 0.3) is 11.1 Å². The number of benzene rings is 3. The number of urea groups is 1. The maximum Gasteiger partial charge on any atom is 0.320 e. The molecule has 0 radical (unpaired) electrons. The van der Waals surface area contributed by atoms with Crippen LogP contribution < -0.4 is 16.0 Å². The van der Waals surface area contributed by atoms with Crippen molar-refractivity contribution in [3.63, 3.8) is 0 Å². The SMILES string of the molecule is CC1CCN(c2ccc(-c3cccc(CN(CCCN)C(=O)N4CCOCC4)c3)cc2NC(=O)Cc2ccccc2)CC1. The minimum atomic E-state index is -0.0269. The molecule has 0 unspecified atom stereocenters. The Kier molecular flexibility index (Phi) is 10.7. The summed E-state index contributed by atoms with van der Waals surface area (Å²) in [7, 11) is 0. The van der Waals surface area contributed by atoms with Crippen LogP contribution in [0, 0.1) is 5.92 Å². The van der Waals surface area contributed by atoms with Crippen LogP contribution in [0.5, 0.6) is 0 Å². The summed E-state index contributed by atoms with van der Waals surface area (Å²) in [5.41, 5.74) is 11.8. The normalized spacial score (nSPS) is 15.8. The van der Waals surface area contributed by atoms with Crippen molar-refractivity contribution in [2.75, 3.05) is 62.7 Å². The molecule has 3 amide bonds. The zero-order valence-corrected chi connectivity index (χ0v) is 25.3. The van der Waals surface area contributed by atoms with Gasteiger partial charge in [-0.3, -0.25) is 4.79 Å². The largest absolute Gasteiger partial charge is 0.378 e. The number of amides is 3. The van der Waals surface area contributed by atoms with E-state index in [0.717, 1.165) is 66.0 Å². The highest BCUT2D eigenvalue weighted by Gasteiger charge is 2.23. The molecule has 2 heterocycles. The van der Waals surface area contributed by atoms with Gasteiger partial charge >= 0.3 is 6.03 Å². The number of nitrogens with one attached hydrogen (secondary N) is 1. The van der Waals surface area contributed by atoms with Crippen LogP contribution in [0.1, 0.15) is 37.3 Å². The van der Waals surface area contributed by atoms with E-state index in [1.165, 1.54) is 0 Å². The van der Waals surface area contributed by atoms with Crippen LogP contribution in [-0.4, -0.2) is 74.2 Å². The molecule has 0 aromatic heterocycles. The van der Waals surface area contributed by atoms with Crippen LogP contribution in [0.15, 0.2) is 72.8 Å². The van der Waals surface area contributed by atoms with E-state index in [9.17, 15) is 9.59 Å². The molecule has 5 rings (SSSR count). The van der Waals surface area contributed by atoms with Crippen LogP contribution in [0.3, 0.4) is 0 Å². The van der Waals surface area contributed by atoms with Gasteiger partial charge < -0.3 is 30.5 Å². The van der Waals surface area contributed by atoms with Crippen LogP contribution >= 0.6 is 0 Å². The summed E-state index contributed by atoms with van der Waals surface area (Å²) in [6, 6.07) is 24.6. The molecule has 3 N–H and O–H groups in total. The Morgan fingerprint density at radius 3 is 2.37 bits per heavy atom. The van der Waals surface area contributed by atoms with Crippen molar-refractivity contribution in [1.82, 2.24) is 9.80 Å². The second-order valence-corrected chi connectivity index (χ2v) is 11.8. The fraction of sp³-hybridized carbons (Fsp3) is 0.429. The lowest BCUT2D eigenvalue weighted by Gasteiger charge is -2.33. The molecule has 8 nitrogen and oxygen atoms in total. The lowest BCUT2D eigenvalue weighted by molar-refractivity contribution is -0.115. The van der Waals surface area contributed by atoms with E-state index in [1.54, 1.807) is 0 Å². The number of morpholine rings is 1. The quantitative estimate of drug-likeness (QED) is 0.335. The monoisotopic (exact) mass is 583 g/mol. The first-order chi connectivity index (χ1) is 21.0. The highest BCUT2D eigenvalue weighted by molar-refractivity contribution is 5.96. The number of nitrogens with two attached hydrogens (primary N) is 1. The van der Waals surface area contributed by atoms with Crippen molar-refractivity contribution in [3.05, 3.63) is 83.9 Å². The molecule has 0 atom stereocenters. The summed E-state index contributed by atoms with van der Waals surface area (Å²) in [5.74, 6) is 0.690. The lowest BCUT2D eigenvalue weighted by Crippen LogP contribution is -2.48. The first-order valence-corrected chi connectivity index (χ1v) is 15.6. The number of ether oxygens (including phenoxy) is 1. The molecule has 0 bridgehead atoms. The molecule has 2 saturated heterocycles. The molecule has 2 aliphatic heterocycles. The minimum Gasteiger partial charge on any atom is -0.378 e. The summed E-state index contributed by atoms with van der Waals surface area (Å²) in [6.45, 7) is 8.28. The summed E-state index contributed by atoms with van der Waals surface area (Å²) in [5, 5.41) is 3.24. The van der Waals surface area contributed by atoms with Gasteiger partial charge in [0, 0.05) is 39.3 Å². The highest BCUT2D eigenvalue weighted by atomic mass is 16.5. The van der Waals surface area contributed by atoms with Crippen molar-refractivity contribution in [3.8, 4) is 11.1 Å². The third kappa shape index (κ3) is 8.36. The molecular formula is C35H45N5O3. The summed E-state index contributed by atoms with van der Waals surface area (Å²) in [6.07, 6.45) is 3.36. The number of anilines is 2. The number of carbonyl (C=O) groups is 2.